The van der Waals surface area contributed by atoms with E-state index in [9.17, 15) is 19.5 Å². The summed E-state index contributed by atoms with van der Waals surface area (Å²) in [6.45, 7) is 5.82. The minimum Gasteiger partial charge on any atom is -0.550 e. The number of ether oxygens (including phenoxy) is 1. The van der Waals surface area contributed by atoms with Crippen molar-refractivity contribution in [3.63, 3.8) is 0 Å². The number of anilines is 1. The Morgan fingerprint density at radius 2 is 1.85 bits per heavy atom. The summed E-state index contributed by atoms with van der Waals surface area (Å²) in [5, 5.41) is 14.7. The molecule has 0 saturated carbocycles. The number of aliphatic carboxylic acids is 1. The van der Waals surface area contributed by atoms with Gasteiger partial charge in [0.05, 0.1) is 18.6 Å². The second kappa shape index (κ2) is 8.49. The molecule has 0 aromatic carbocycles. The molecule has 1 N–H and O–H groups in total. The molecule has 1 aliphatic carbocycles. The number of allylic oxidation sites excluding steroid dienone is 2. The van der Waals surface area contributed by atoms with Crippen LogP contribution in [-0.4, -0.2) is 25.0 Å². The van der Waals surface area contributed by atoms with Crippen LogP contribution in [0.2, 0.25) is 0 Å². The number of thiophene rings is 1. The van der Waals surface area contributed by atoms with Crippen LogP contribution >= 0.6 is 11.3 Å². The van der Waals surface area contributed by atoms with E-state index >= 15 is 0 Å². The van der Waals surface area contributed by atoms with Crippen LogP contribution in [0.1, 0.15) is 55.3 Å². The number of hydrogen-bond donors (Lipinski definition) is 1. The zero-order chi connectivity index (χ0) is 19.4. The van der Waals surface area contributed by atoms with Gasteiger partial charge in [-0.15, -0.1) is 11.3 Å². The Kier molecular flexibility index (Phi) is 6.58. The van der Waals surface area contributed by atoms with Gasteiger partial charge in [-0.05, 0) is 39.2 Å². The monoisotopic (exact) mass is 378 g/mol. The van der Waals surface area contributed by atoms with Gasteiger partial charge in [-0.3, -0.25) is 4.79 Å². The molecule has 0 saturated heterocycles. The maximum atomic E-state index is 12.8. The van der Waals surface area contributed by atoms with Crippen LogP contribution in [-0.2, 0) is 20.7 Å². The Balaban J connectivity index is 2.28. The third-order valence-electron chi connectivity index (χ3n) is 4.83. The average Bonchev–Trinajstić information content (AvgIpc) is 2.98. The fourth-order valence-electron chi connectivity index (χ4n) is 3.19. The Morgan fingerprint density at radius 3 is 2.38 bits per heavy atom. The number of aryl methyl sites for hydroxylation is 1. The number of amides is 1. The van der Waals surface area contributed by atoms with Gasteiger partial charge in [-0.2, -0.15) is 0 Å². The number of esters is 1. The molecule has 1 aromatic heterocycles. The quantitative estimate of drug-likeness (QED) is 0.606. The van der Waals surface area contributed by atoms with Crippen LogP contribution in [0.4, 0.5) is 5.00 Å². The van der Waals surface area contributed by atoms with Crippen molar-refractivity contribution in [3.8, 4) is 0 Å². The number of carboxylic acid groups (broad SMARTS) is 1. The molecule has 0 aliphatic heterocycles. The second-order valence-electron chi connectivity index (χ2n) is 6.69. The van der Waals surface area contributed by atoms with Crippen LogP contribution in [0.25, 0.3) is 0 Å². The molecule has 0 fully saturated rings. The molecular formula is C19H24NO5S-. The SMILES string of the molecule is CCCc1cc(C(=O)OC)c(NC(=O)[C@@H]2CC(C)=C(C)C[C@H]2C(=O)[O-])s1. The lowest BCUT2D eigenvalue weighted by atomic mass is 9.76. The van der Waals surface area contributed by atoms with Crippen molar-refractivity contribution < 1.29 is 24.2 Å². The Labute approximate surface area is 157 Å². The highest BCUT2D eigenvalue weighted by Gasteiger charge is 2.34. The van der Waals surface area contributed by atoms with Crippen molar-refractivity contribution in [2.75, 3.05) is 12.4 Å². The van der Waals surface area contributed by atoms with Crippen molar-refractivity contribution in [1.29, 1.82) is 0 Å². The molecule has 1 heterocycles. The van der Waals surface area contributed by atoms with Gasteiger partial charge < -0.3 is 20.0 Å². The number of carboxylic acids is 1. The highest BCUT2D eigenvalue weighted by molar-refractivity contribution is 7.16. The van der Waals surface area contributed by atoms with Crippen molar-refractivity contribution in [1.82, 2.24) is 0 Å². The molecule has 0 radical (unpaired) electrons. The minimum absolute atomic E-state index is 0.304. The molecule has 2 rings (SSSR count). The Bertz CT molecular complexity index is 749. The molecule has 2 atom stereocenters. The zero-order valence-corrected chi connectivity index (χ0v) is 16.3. The number of rotatable bonds is 6. The molecule has 0 spiro atoms. The van der Waals surface area contributed by atoms with Crippen LogP contribution in [0.3, 0.4) is 0 Å². The first-order chi connectivity index (χ1) is 12.3. The number of hydrogen-bond acceptors (Lipinski definition) is 6. The van der Waals surface area contributed by atoms with Gasteiger partial charge in [0, 0.05) is 16.8 Å². The van der Waals surface area contributed by atoms with E-state index in [1.807, 2.05) is 20.8 Å². The van der Waals surface area contributed by atoms with Crippen molar-refractivity contribution in [2.45, 2.75) is 46.5 Å². The first kappa shape index (κ1) is 20.2. The predicted octanol–water partition coefficient (Wildman–Crippen LogP) is 2.54. The summed E-state index contributed by atoms with van der Waals surface area (Å²) in [5.41, 5.74) is 2.31. The molecule has 0 bridgehead atoms. The maximum absolute atomic E-state index is 12.8. The summed E-state index contributed by atoms with van der Waals surface area (Å²) in [6, 6.07) is 1.72. The van der Waals surface area contributed by atoms with E-state index in [0.717, 1.165) is 28.9 Å². The highest BCUT2D eigenvalue weighted by Crippen LogP contribution is 2.36. The zero-order valence-electron chi connectivity index (χ0n) is 15.5. The van der Waals surface area contributed by atoms with Crippen molar-refractivity contribution >= 4 is 34.2 Å². The van der Waals surface area contributed by atoms with Gasteiger partial charge in [0.1, 0.15) is 5.00 Å². The maximum Gasteiger partial charge on any atom is 0.340 e. The standard InChI is InChI=1S/C19H25NO5S/c1-5-6-12-9-15(19(24)25-4)17(26-12)20-16(21)13-7-10(2)11(3)8-14(13)18(22)23/h9,13-14H,5-8H2,1-4H3,(H,20,21)(H,22,23)/p-1/t13-,14-/m1/s1. The Morgan fingerprint density at radius 1 is 1.23 bits per heavy atom. The highest BCUT2D eigenvalue weighted by atomic mass is 32.1. The summed E-state index contributed by atoms with van der Waals surface area (Å²) in [4.78, 5) is 37.3. The third kappa shape index (κ3) is 4.33. The predicted molar refractivity (Wildman–Crippen MR) is 97.9 cm³/mol. The molecule has 26 heavy (non-hydrogen) atoms. The van der Waals surface area contributed by atoms with E-state index in [-0.39, 0.29) is 0 Å². The topological polar surface area (TPSA) is 95.5 Å². The van der Waals surface area contributed by atoms with Gasteiger partial charge in [-0.25, -0.2) is 4.79 Å². The fraction of sp³-hybridized carbons (Fsp3) is 0.526. The molecule has 1 amide bonds. The van der Waals surface area contributed by atoms with Gasteiger partial charge in [0.25, 0.3) is 0 Å². The van der Waals surface area contributed by atoms with Gasteiger partial charge in [0.2, 0.25) is 5.91 Å². The van der Waals surface area contributed by atoms with Crippen molar-refractivity contribution in [3.05, 3.63) is 27.7 Å². The van der Waals surface area contributed by atoms with Gasteiger partial charge >= 0.3 is 5.97 Å². The van der Waals surface area contributed by atoms with Gasteiger partial charge in [-0.1, -0.05) is 24.5 Å². The van der Waals surface area contributed by atoms with Gasteiger partial charge in [0.15, 0.2) is 0 Å². The lowest BCUT2D eigenvalue weighted by molar-refractivity contribution is -0.313. The summed E-state index contributed by atoms with van der Waals surface area (Å²) in [6.07, 6.45) is 2.38. The Hall–Kier alpha value is -2.15. The van der Waals surface area contributed by atoms with E-state index in [4.69, 9.17) is 4.74 Å². The largest absolute Gasteiger partial charge is 0.550 e. The minimum atomic E-state index is -1.22. The number of nitrogens with one attached hydrogen (secondary N) is 1. The second-order valence-corrected chi connectivity index (χ2v) is 7.82. The molecule has 142 valence electrons. The van der Waals surface area contributed by atoms with E-state index < -0.39 is 29.7 Å². The number of carbonyl (C=O) groups excluding carboxylic acids is 3. The molecule has 1 aliphatic rings. The summed E-state index contributed by atoms with van der Waals surface area (Å²) < 4.78 is 4.79. The van der Waals surface area contributed by atoms with Crippen LogP contribution < -0.4 is 10.4 Å². The smallest absolute Gasteiger partial charge is 0.340 e. The first-order valence-electron chi connectivity index (χ1n) is 8.66. The molecule has 6 nitrogen and oxygen atoms in total. The number of methoxy groups -OCH3 is 1. The molecule has 0 unspecified atom stereocenters. The lowest BCUT2D eigenvalue weighted by Gasteiger charge is -2.32. The van der Waals surface area contributed by atoms with E-state index in [1.54, 1.807) is 6.07 Å². The van der Waals surface area contributed by atoms with Crippen molar-refractivity contribution in [2.24, 2.45) is 11.8 Å². The van der Waals surface area contributed by atoms with Crippen LogP contribution in [0, 0.1) is 11.8 Å². The first-order valence-corrected chi connectivity index (χ1v) is 9.48. The van der Waals surface area contributed by atoms with Crippen LogP contribution in [0.15, 0.2) is 17.2 Å². The fourth-order valence-corrected chi connectivity index (χ4v) is 4.34. The van der Waals surface area contributed by atoms with Crippen LogP contribution in [0.5, 0.6) is 0 Å². The summed E-state index contributed by atoms with van der Waals surface area (Å²) in [5.74, 6) is -3.73. The van der Waals surface area contributed by atoms with E-state index in [0.29, 0.717) is 23.4 Å². The summed E-state index contributed by atoms with van der Waals surface area (Å²) >= 11 is 1.32. The molecular weight excluding hydrogens is 354 g/mol. The molecule has 1 aromatic rings. The lowest BCUT2D eigenvalue weighted by Crippen LogP contribution is -2.42. The average molecular weight is 378 g/mol. The normalized spacial score (nSPS) is 20.0. The molecule has 7 heteroatoms. The summed E-state index contributed by atoms with van der Waals surface area (Å²) in [7, 11) is 1.29. The number of carbonyl (C=O) groups is 3. The van der Waals surface area contributed by atoms with E-state index in [1.165, 1.54) is 18.4 Å². The third-order valence-corrected chi connectivity index (χ3v) is 5.94. The van der Waals surface area contributed by atoms with E-state index in [2.05, 4.69) is 5.32 Å².